The van der Waals surface area contributed by atoms with Crippen molar-refractivity contribution in [2.45, 2.75) is 35.3 Å². The number of amides is 1. The van der Waals surface area contributed by atoms with Gasteiger partial charge >= 0.3 is 0 Å². The van der Waals surface area contributed by atoms with E-state index in [4.69, 9.17) is 16.0 Å². The van der Waals surface area contributed by atoms with Crippen LogP contribution in [0, 0.1) is 0 Å². The number of carbonyl (C=O) groups excluding carboxylic acids is 1. The molecule has 1 unspecified atom stereocenters. The summed E-state index contributed by atoms with van der Waals surface area (Å²) in [6, 6.07) is 18.3. The van der Waals surface area contributed by atoms with Gasteiger partial charge in [-0.2, -0.15) is 0 Å². The number of hydrogen-bond acceptors (Lipinski definition) is 5. The molecule has 32 heavy (non-hydrogen) atoms. The highest BCUT2D eigenvalue weighted by molar-refractivity contribution is 7.91. The molecular formula is C24H25ClN2O4S. The maximum absolute atomic E-state index is 12.8. The molecule has 1 aliphatic heterocycles. The number of piperidine rings is 1. The molecule has 0 aliphatic carbocycles. The van der Waals surface area contributed by atoms with E-state index in [1.807, 2.05) is 24.3 Å². The van der Waals surface area contributed by atoms with Crippen molar-refractivity contribution < 1.29 is 17.6 Å². The third-order valence-corrected chi connectivity index (χ3v) is 7.66. The molecule has 1 atom stereocenters. The maximum Gasteiger partial charge on any atom is 0.287 e. The lowest BCUT2D eigenvalue weighted by molar-refractivity contribution is 0.0892. The van der Waals surface area contributed by atoms with Crippen molar-refractivity contribution >= 4 is 27.3 Å². The first-order valence-corrected chi connectivity index (χ1v) is 12.5. The Morgan fingerprint density at radius 2 is 1.66 bits per heavy atom. The Hall–Kier alpha value is -2.61. The maximum atomic E-state index is 12.8. The molecule has 168 valence electrons. The average molecular weight is 473 g/mol. The number of furan rings is 1. The van der Waals surface area contributed by atoms with Crippen molar-refractivity contribution in [1.29, 1.82) is 0 Å². The molecule has 8 heteroatoms. The number of likely N-dealkylation sites (tertiary alicyclic amines) is 1. The Labute approximate surface area is 193 Å². The van der Waals surface area contributed by atoms with Crippen LogP contribution in [0.15, 0.2) is 81.1 Å². The monoisotopic (exact) mass is 472 g/mol. The van der Waals surface area contributed by atoms with Crippen LogP contribution in [0.1, 0.15) is 41.4 Å². The van der Waals surface area contributed by atoms with Crippen molar-refractivity contribution in [3.8, 4) is 0 Å². The molecule has 0 saturated carbocycles. The SMILES string of the molecule is O=C(NCC(c1ccccc1Cl)N1CCCCC1)c1ccc(S(=O)(=O)c2ccccc2)o1. The van der Waals surface area contributed by atoms with E-state index in [0.29, 0.717) is 11.6 Å². The number of halogens is 1. The summed E-state index contributed by atoms with van der Waals surface area (Å²) >= 11 is 6.46. The van der Waals surface area contributed by atoms with Gasteiger partial charge in [-0.1, -0.05) is 54.4 Å². The van der Waals surface area contributed by atoms with Crippen molar-refractivity contribution in [1.82, 2.24) is 10.2 Å². The van der Waals surface area contributed by atoms with E-state index in [1.165, 1.54) is 30.7 Å². The van der Waals surface area contributed by atoms with Gasteiger partial charge in [0, 0.05) is 11.6 Å². The van der Waals surface area contributed by atoms with Crippen LogP contribution in [0.25, 0.3) is 0 Å². The van der Waals surface area contributed by atoms with Gasteiger partial charge in [0.1, 0.15) is 0 Å². The fourth-order valence-corrected chi connectivity index (χ4v) is 5.45. The van der Waals surface area contributed by atoms with Crippen LogP contribution in [0.4, 0.5) is 0 Å². The van der Waals surface area contributed by atoms with E-state index in [2.05, 4.69) is 10.2 Å². The fourth-order valence-electron chi connectivity index (χ4n) is 3.99. The second-order valence-electron chi connectivity index (χ2n) is 7.78. The smallest absolute Gasteiger partial charge is 0.287 e. The molecular weight excluding hydrogens is 448 g/mol. The number of benzene rings is 2. The highest BCUT2D eigenvalue weighted by Crippen LogP contribution is 2.29. The number of hydrogen-bond donors (Lipinski definition) is 1. The van der Waals surface area contributed by atoms with Gasteiger partial charge < -0.3 is 9.73 Å². The minimum Gasteiger partial charge on any atom is -0.439 e. The first-order valence-electron chi connectivity index (χ1n) is 10.6. The Morgan fingerprint density at radius 1 is 0.969 bits per heavy atom. The molecule has 2 aromatic carbocycles. The van der Waals surface area contributed by atoms with Crippen molar-refractivity contribution in [3.63, 3.8) is 0 Å². The molecule has 1 amide bonds. The van der Waals surface area contributed by atoms with E-state index in [0.717, 1.165) is 31.5 Å². The first kappa shape index (κ1) is 22.6. The summed E-state index contributed by atoms with van der Waals surface area (Å²) in [6.07, 6.45) is 3.41. The predicted octanol–water partition coefficient (Wildman–Crippen LogP) is 4.72. The highest BCUT2D eigenvalue weighted by Gasteiger charge is 2.26. The van der Waals surface area contributed by atoms with E-state index in [9.17, 15) is 13.2 Å². The Morgan fingerprint density at radius 3 is 2.38 bits per heavy atom. The molecule has 0 radical (unpaired) electrons. The van der Waals surface area contributed by atoms with Crippen LogP contribution in [0.5, 0.6) is 0 Å². The number of nitrogens with zero attached hydrogens (tertiary/aromatic N) is 1. The Kier molecular flexibility index (Phi) is 6.98. The van der Waals surface area contributed by atoms with Crippen molar-refractivity contribution in [2.75, 3.05) is 19.6 Å². The summed E-state index contributed by atoms with van der Waals surface area (Å²) < 4.78 is 30.9. The number of sulfone groups is 1. The molecule has 1 N–H and O–H groups in total. The van der Waals surface area contributed by atoms with E-state index in [1.54, 1.807) is 18.2 Å². The van der Waals surface area contributed by atoms with E-state index >= 15 is 0 Å². The zero-order valence-electron chi connectivity index (χ0n) is 17.5. The molecule has 4 rings (SSSR count). The minimum atomic E-state index is -3.82. The average Bonchev–Trinajstić information content (AvgIpc) is 3.33. The molecule has 1 saturated heterocycles. The second kappa shape index (κ2) is 9.90. The first-order chi connectivity index (χ1) is 15.5. The van der Waals surface area contributed by atoms with Crippen LogP contribution in [-0.4, -0.2) is 38.9 Å². The summed E-state index contributed by atoms with van der Waals surface area (Å²) in [7, 11) is -3.82. The summed E-state index contributed by atoms with van der Waals surface area (Å²) in [5.41, 5.74) is 0.961. The summed E-state index contributed by atoms with van der Waals surface area (Å²) in [5, 5.41) is 3.30. The molecule has 1 aromatic heterocycles. The topological polar surface area (TPSA) is 79.6 Å². The van der Waals surface area contributed by atoms with Crippen LogP contribution in [0.3, 0.4) is 0 Å². The Bertz CT molecular complexity index is 1170. The lowest BCUT2D eigenvalue weighted by Crippen LogP contribution is -2.40. The molecule has 2 heterocycles. The lowest BCUT2D eigenvalue weighted by Gasteiger charge is -2.35. The summed E-state index contributed by atoms with van der Waals surface area (Å²) in [4.78, 5) is 15.2. The van der Waals surface area contributed by atoms with Gasteiger partial charge in [-0.15, -0.1) is 0 Å². The zero-order chi connectivity index (χ0) is 22.6. The van der Waals surface area contributed by atoms with Crippen molar-refractivity contribution in [2.24, 2.45) is 0 Å². The molecule has 3 aromatic rings. The van der Waals surface area contributed by atoms with Crippen LogP contribution < -0.4 is 5.32 Å². The van der Waals surface area contributed by atoms with Crippen LogP contribution >= 0.6 is 11.6 Å². The quantitative estimate of drug-likeness (QED) is 0.538. The highest BCUT2D eigenvalue weighted by atomic mass is 35.5. The van der Waals surface area contributed by atoms with Crippen molar-refractivity contribution in [3.05, 3.63) is 83.1 Å². The normalized spacial score (nSPS) is 15.9. The van der Waals surface area contributed by atoms with Gasteiger partial charge in [0.25, 0.3) is 5.91 Å². The molecule has 1 aliphatic rings. The molecule has 0 bridgehead atoms. The largest absolute Gasteiger partial charge is 0.439 e. The number of nitrogens with one attached hydrogen (secondary N) is 1. The minimum absolute atomic E-state index is 0.0453. The number of rotatable bonds is 7. The molecule has 1 fully saturated rings. The second-order valence-corrected chi connectivity index (χ2v) is 10.1. The Balaban J connectivity index is 1.50. The third-order valence-electron chi connectivity index (χ3n) is 5.68. The predicted molar refractivity (Wildman–Crippen MR) is 123 cm³/mol. The van der Waals surface area contributed by atoms with E-state index in [-0.39, 0.29) is 21.8 Å². The molecule has 0 spiro atoms. The fraction of sp³-hybridized carbons (Fsp3) is 0.292. The summed E-state index contributed by atoms with van der Waals surface area (Å²) in [6.45, 7) is 2.21. The van der Waals surface area contributed by atoms with Gasteiger partial charge in [-0.05, 0) is 61.8 Å². The van der Waals surface area contributed by atoms with Gasteiger partial charge in [-0.25, -0.2) is 8.42 Å². The van der Waals surface area contributed by atoms with Crippen LogP contribution in [-0.2, 0) is 9.84 Å². The molecule has 6 nitrogen and oxygen atoms in total. The number of carbonyl (C=O) groups is 1. The lowest BCUT2D eigenvalue weighted by atomic mass is 10.0. The third kappa shape index (κ3) is 4.90. The standard InChI is InChI=1S/C24H25ClN2O4S/c25-20-12-6-5-11-19(20)21(27-15-7-2-8-16-27)17-26-24(28)22-13-14-23(31-22)32(29,30)18-9-3-1-4-10-18/h1,3-6,9-14,21H,2,7-8,15-17H2,(H,26,28). The summed E-state index contributed by atoms with van der Waals surface area (Å²) in [5.74, 6) is -0.510. The van der Waals surface area contributed by atoms with Gasteiger partial charge in [-0.3, -0.25) is 9.69 Å². The van der Waals surface area contributed by atoms with E-state index < -0.39 is 15.7 Å². The van der Waals surface area contributed by atoms with Gasteiger partial charge in [0.05, 0.1) is 10.9 Å². The van der Waals surface area contributed by atoms with Gasteiger partial charge in [0.2, 0.25) is 14.9 Å². The van der Waals surface area contributed by atoms with Gasteiger partial charge in [0.15, 0.2) is 5.76 Å². The van der Waals surface area contributed by atoms with Crippen LogP contribution in [0.2, 0.25) is 5.02 Å². The zero-order valence-corrected chi connectivity index (χ0v) is 19.1.